The summed E-state index contributed by atoms with van der Waals surface area (Å²) in [5, 5.41) is 18.1. The molecule has 8 heteroatoms. The lowest BCUT2D eigenvalue weighted by Gasteiger charge is -2.13. The fourth-order valence-corrected chi connectivity index (χ4v) is 2.86. The minimum atomic E-state index is -1.12. The number of aromatic nitrogens is 4. The lowest BCUT2D eigenvalue weighted by molar-refractivity contribution is -0.138. The van der Waals surface area contributed by atoms with Crippen LogP contribution in [0.3, 0.4) is 0 Å². The van der Waals surface area contributed by atoms with Gasteiger partial charge in [0.1, 0.15) is 6.54 Å². The van der Waals surface area contributed by atoms with Crippen molar-refractivity contribution < 1.29 is 9.90 Å². The summed E-state index contributed by atoms with van der Waals surface area (Å²) < 4.78 is 2.62. The van der Waals surface area contributed by atoms with Crippen LogP contribution in [0, 0.1) is 13.8 Å². The number of fused-ring (bicyclic) bond motifs is 1. The summed E-state index contributed by atoms with van der Waals surface area (Å²) in [6.07, 6.45) is 0. The molecule has 130 valence electrons. The third-order valence-corrected chi connectivity index (χ3v) is 4.08. The molecule has 0 atom stereocenters. The van der Waals surface area contributed by atoms with Gasteiger partial charge in [0, 0.05) is 19.8 Å². The lowest BCUT2D eigenvalue weighted by atomic mass is 10.2. The van der Waals surface area contributed by atoms with Crippen LogP contribution in [0.1, 0.15) is 11.4 Å². The number of hydrogen-bond donors (Lipinski definition) is 1. The van der Waals surface area contributed by atoms with E-state index in [2.05, 4.69) is 10.2 Å². The molecule has 0 aliphatic carbocycles. The fraction of sp³-hybridized carbons (Fsp3) is 0.294. The van der Waals surface area contributed by atoms with Crippen LogP contribution in [0.2, 0.25) is 0 Å². The van der Waals surface area contributed by atoms with Crippen molar-refractivity contribution in [2.75, 3.05) is 19.0 Å². The number of nitrogens with zero attached hydrogens (tertiary/aromatic N) is 5. The van der Waals surface area contributed by atoms with Gasteiger partial charge in [0.2, 0.25) is 0 Å². The second-order valence-electron chi connectivity index (χ2n) is 6.07. The predicted octanol–water partition coefficient (Wildman–Crippen LogP) is 1.35. The summed E-state index contributed by atoms with van der Waals surface area (Å²) in [6.45, 7) is 3.12. The van der Waals surface area contributed by atoms with Crippen LogP contribution < -0.4 is 10.5 Å². The minimum absolute atomic E-state index is 0.225. The zero-order chi connectivity index (χ0) is 18.3. The zero-order valence-corrected chi connectivity index (χ0v) is 14.5. The zero-order valence-electron chi connectivity index (χ0n) is 14.5. The Hall–Kier alpha value is -3.16. The van der Waals surface area contributed by atoms with E-state index in [4.69, 9.17) is 5.11 Å². The van der Waals surface area contributed by atoms with Crippen LogP contribution in [0.5, 0.6) is 0 Å². The Labute approximate surface area is 143 Å². The van der Waals surface area contributed by atoms with Gasteiger partial charge in [0.05, 0.1) is 22.5 Å². The first-order chi connectivity index (χ1) is 11.8. The summed E-state index contributed by atoms with van der Waals surface area (Å²) in [6, 6.07) is 7.78. The van der Waals surface area contributed by atoms with Crippen molar-refractivity contribution in [3.05, 3.63) is 46.0 Å². The molecular formula is C17H19N5O3. The Bertz CT molecular complexity index is 1020. The van der Waals surface area contributed by atoms with E-state index < -0.39 is 18.1 Å². The van der Waals surface area contributed by atoms with Gasteiger partial charge < -0.3 is 10.0 Å². The van der Waals surface area contributed by atoms with E-state index in [9.17, 15) is 9.59 Å². The maximum atomic E-state index is 12.5. The topological polar surface area (TPSA) is 93.2 Å². The molecule has 3 aromatic rings. The number of aliphatic carboxylic acids is 1. The molecular weight excluding hydrogens is 322 g/mol. The number of hydrogen-bond acceptors (Lipinski definition) is 5. The first kappa shape index (κ1) is 16.7. The Morgan fingerprint density at radius 1 is 1.16 bits per heavy atom. The highest BCUT2D eigenvalue weighted by molar-refractivity contribution is 5.83. The van der Waals surface area contributed by atoms with Crippen LogP contribution in [-0.4, -0.2) is 44.7 Å². The summed E-state index contributed by atoms with van der Waals surface area (Å²) in [4.78, 5) is 25.4. The molecule has 0 bridgehead atoms. The fourth-order valence-electron chi connectivity index (χ4n) is 2.86. The molecule has 0 saturated heterocycles. The standard InChI is InChI=1S/C17H19N5O3/c1-10-15-11(2)22(13-7-5-12(6-8-13)20(3)4)19-16(15)17(25)21(18-10)9-14(23)24/h5-8H,9H2,1-4H3,(H,23,24). The van der Waals surface area contributed by atoms with Crippen molar-refractivity contribution in [2.24, 2.45) is 0 Å². The highest BCUT2D eigenvalue weighted by atomic mass is 16.4. The van der Waals surface area contributed by atoms with E-state index in [0.29, 0.717) is 11.1 Å². The molecule has 2 heterocycles. The molecule has 1 N–H and O–H groups in total. The molecule has 0 spiro atoms. The van der Waals surface area contributed by atoms with Crippen molar-refractivity contribution in [3.8, 4) is 5.69 Å². The Kier molecular flexibility index (Phi) is 4.03. The average Bonchev–Trinajstić information content (AvgIpc) is 2.90. The summed E-state index contributed by atoms with van der Waals surface area (Å²) in [5.74, 6) is -1.12. The van der Waals surface area contributed by atoms with Crippen LogP contribution in [-0.2, 0) is 11.3 Å². The van der Waals surface area contributed by atoms with Gasteiger partial charge in [-0.25, -0.2) is 9.36 Å². The maximum absolute atomic E-state index is 12.5. The molecule has 0 aliphatic heterocycles. The summed E-state index contributed by atoms with van der Waals surface area (Å²) in [5.41, 5.74) is 2.96. The second kappa shape index (κ2) is 6.04. The van der Waals surface area contributed by atoms with Gasteiger partial charge in [0.15, 0.2) is 5.52 Å². The van der Waals surface area contributed by atoms with Gasteiger partial charge in [-0.2, -0.15) is 10.2 Å². The average molecular weight is 341 g/mol. The van der Waals surface area contributed by atoms with E-state index in [1.165, 1.54) is 0 Å². The number of aryl methyl sites for hydroxylation is 2. The molecule has 0 unspecified atom stereocenters. The molecule has 8 nitrogen and oxygen atoms in total. The van der Waals surface area contributed by atoms with E-state index in [-0.39, 0.29) is 5.52 Å². The highest BCUT2D eigenvalue weighted by Gasteiger charge is 2.18. The SMILES string of the molecule is Cc1nn(CC(=O)O)c(=O)c2nn(-c3ccc(N(C)C)cc3)c(C)c12. The van der Waals surface area contributed by atoms with Gasteiger partial charge in [-0.15, -0.1) is 0 Å². The van der Waals surface area contributed by atoms with Gasteiger partial charge in [-0.1, -0.05) is 0 Å². The lowest BCUT2D eigenvalue weighted by Crippen LogP contribution is -2.27. The molecule has 0 amide bonds. The van der Waals surface area contributed by atoms with E-state index in [0.717, 1.165) is 21.8 Å². The Morgan fingerprint density at radius 2 is 1.80 bits per heavy atom. The molecule has 3 rings (SSSR count). The predicted molar refractivity (Wildman–Crippen MR) is 94.6 cm³/mol. The van der Waals surface area contributed by atoms with Gasteiger partial charge >= 0.3 is 5.97 Å². The molecule has 0 fully saturated rings. The van der Waals surface area contributed by atoms with Crippen LogP contribution in [0.25, 0.3) is 16.6 Å². The monoisotopic (exact) mass is 341 g/mol. The normalized spacial score (nSPS) is 11.0. The number of benzene rings is 1. The molecule has 0 aliphatic rings. The molecule has 0 radical (unpaired) electrons. The first-order valence-corrected chi connectivity index (χ1v) is 7.76. The third-order valence-electron chi connectivity index (χ3n) is 4.08. The number of carbonyl (C=O) groups is 1. The van der Waals surface area contributed by atoms with Crippen molar-refractivity contribution in [3.63, 3.8) is 0 Å². The second-order valence-corrected chi connectivity index (χ2v) is 6.07. The van der Waals surface area contributed by atoms with Crippen molar-refractivity contribution in [2.45, 2.75) is 20.4 Å². The van der Waals surface area contributed by atoms with E-state index in [1.54, 1.807) is 11.6 Å². The maximum Gasteiger partial charge on any atom is 0.325 e. The van der Waals surface area contributed by atoms with Crippen molar-refractivity contribution in [1.29, 1.82) is 0 Å². The van der Waals surface area contributed by atoms with Gasteiger partial charge in [0.25, 0.3) is 5.56 Å². The summed E-state index contributed by atoms with van der Waals surface area (Å²) >= 11 is 0. The quantitative estimate of drug-likeness (QED) is 0.770. The third kappa shape index (κ3) is 2.86. The molecule has 0 saturated carbocycles. The van der Waals surface area contributed by atoms with Crippen LogP contribution >= 0.6 is 0 Å². The Morgan fingerprint density at radius 3 is 2.36 bits per heavy atom. The highest BCUT2D eigenvalue weighted by Crippen LogP contribution is 2.22. The van der Waals surface area contributed by atoms with E-state index in [1.807, 2.05) is 50.2 Å². The van der Waals surface area contributed by atoms with Gasteiger partial charge in [-0.05, 0) is 38.1 Å². The molecule has 1 aromatic carbocycles. The van der Waals surface area contributed by atoms with E-state index >= 15 is 0 Å². The first-order valence-electron chi connectivity index (χ1n) is 7.76. The molecule has 2 aromatic heterocycles. The smallest absolute Gasteiger partial charge is 0.325 e. The minimum Gasteiger partial charge on any atom is -0.480 e. The summed E-state index contributed by atoms with van der Waals surface area (Å²) in [7, 11) is 3.92. The molecule has 25 heavy (non-hydrogen) atoms. The van der Waals surface area contributed by atoms with Gasteiger partial charge in [-0.3, -0.25) is 9.59 Å². The Balaban J connectivity index is 2.19. The van der Waals surface area contributed by atoms with Crippen LogP contribution in [0.15, 0.2) is 29.1 Å². The number of rotatable bonds is 4. The van der Waals surface area contributed by atoms with Crippen LogP contribution in [0.4, 0.5) is 5.69 Å². The number of carboxylic acids is 1. The number of carboxylic acid groups (broad SMARTS) is 1. The van der Waals surface area contributed by atoms with Crippen molar-refractivity contribution in [1.82, 2.24) is 19.6 Å². The number of anilines is 1. The van der Waals surface area contributed by atoms with Crippen molar-refractivity contribution >= 4 is 22.6 Å². The largest absolute Gasteiger partial charge is 0.480 e.